The second-order valence-corrected chi connectivity index (χ2v) is 5.93. The summed E-state index contributed by atoms with van der Waals surface area (Å²) in [6, 6.07) is 7.64. The number of benzene rings is 1. The molecule has 0 fully saturated rings. The first-order chi connectivity index (χ1) is 13.6. The van der Waals surface area contributed by atoms with Crippen LogP contribution in [-0.2, 0) is 18.8 Å². The van der Waals surface area contributed by atoms with Gasteiger partial charge in [0.1, 0.15) is 11.4 Å². The molecule has 10 heteroatoms. The molecule has 0 spiro atoms. The summed E-state index contributed by atoms with van der Waals surface area (Å²) in [5, 5.41) is 0. The average molecular weight is 413 g/mol. The van der Waals surface area contributed by atoms with Crippen LogP contribution in [0.3, 0.4) is 0 Å². The molecule has 0 amide bonds. The van der Waals surface area contributed by atoms with E-state index in [1.54, 1.807) is 6.92 Å². The SMILES string of the molecule is CCc1cc(Oc2ccnc(C(F)(F)F)c2)nc(-c2ccc(C(F)(F)F)cc2)n1. The molecular weight excluding hydrogens is 400 g/mol. The number of ether oxygens (including phenoxy) is 1. The molecule has 2 heterocycles. The molecule has 29 heavy (non-hydrogen) atoms. The Balaban J connectivity index is 1.94. The normalized spacial score (nSPS) is 12.1. The zero-order chi connectivity index (χ0) is 21.2. The molecule has 0 aliphatic heterocycles. The van der Waals surface area contributed by atoms with Crippen molar-refractivity contribution < 1.29 is 31.1 Å². The number of aromatic nitrogens is 3. The molecule has 3 rings (SSSR count). The maximum Gasteiger partial charge on any atom is 0.433 e. The lowest BCUT2D eigenvalue weighted by Gasteiger charge is -2.11. The van der Waals surface area contributed by atoms with Crippen molar-refractivity contribution in [3.63, 3.8) is 0 Å². The van der Waals surface area contributed by atoms with Crippen LogP contribution < -0.4 is 4.74 Å². The molecule has 0 N–H and O–H groups in total. The van der Waals surface area contributed by atoms with Crippen molar-refractivity contribution in [2.45, 2.75) is 25.7 Å². The minimum Gasteiger partial charge on any atom is -0.439 e. The summed E-state index contributed by atoms with van der Waals surface area (Å²) in [5.41, 5.74) is -1.12. The van der Waals surface area contributed by atoms with E-state index in [0.717, 1.165) is 24.4 Å². The Bertz CT molecular complexity index is 1000. The molecule has 2 aromatic heterocycles. The highest BCUT2D eigenvalue weighted by molar-refractivity contribution is 5.56. The molecule has 0 radical (unpaired) electrons. The van der Waals surface area contributed by atoms with Gasteiger partial charge >= 0.3 is 12.4 Å². The zero-order valence-corrected chi connectivity index (χ0v) is 14.8. The fourth-order valence-electron chi connectivity index (χ4n) is 2.39. The molecule has 1 aromatic carbocycles. The number of aryl methyl sites for hydroxylation is 1. The number of nitrogens with zero attached hydrogens (tertiary/aromatic N) is 3. The largest absolute Gasteiger partial charge is 0.439 e. The first-order valence-corrected chi connectivity index (χ1v) is 8.33. The van der Waals surface area contributed by atoms with E-state index in [1.807, 2.05) is 0 Å². The van der Waals surface area contributed by atoms with Crippen molar-refractivity contribution in [1.29, 1.82) is 0 Å². The average Bonchev–Trinajstić information content (AvgIpc) is 2.66. The van der Waals surface area contributed by atoms with Gasteiger partial charge in [-0.3, -0.25) is 4.98 Å². The maximum atomic E-state index is 12.8. The summed E-state index contributed by atoms with van der Waals surface area (Å²) in [7, 11) is 0. The number of alkyl halides is 6. The molecule has 0 saturated heterocycles. The highest BCUT2D eigenvalue weighted by Crippen LogP contribution is 2.32. The Morgan fingerprint density at radius 2 is 1.55 bits per heavy atom. The van der Waals surface area contributed by atoms with E-state index < -0.39 is 23.6 Å². The van der Waals surface area contributed by atoms with Gasteiger partial charge in [-0.05, 0) is 24.6 Å². The molecular formula is C19H13F6N3O. The van der Waals surface area contributed by atoms with E-state index in [9.17, 15) is 26.3 Å². The van der Waals surface area contributed by atoms with Crippen molar-refractivity contribution in [2.24, 2.45) is 0 Å². The third kappa shape index (κ3) is 5.01. The Morgan fingerprint density at radius 1 is 0.862 bits per heavy atom. The molecule has 0 unspecified atom stereocenters. The predicted octanol–water partition coefficient (Wildman–Crippen LogP) is 5.93. The number of hydrogen-bond acceptors (Lipinski definition) is 4. The minimum atomic E-state index is -4.63. The molecule has 0 aliphatic carbocycles. The lowest BCUT2D eigenvalue weighted by Crippen LogP contribution is -2.07. The first kappa shape index (κ1) is 20.6. The smallest absolute Gasteiger partial charge is 0.433 e. The number of rotatable bonds is 4. The van der Waals surface area contributed by atoms with Crippen LogP contribution in [0, 0.1) is 0 Å². The molecule has 0 bridgehead atoms. The molecule has 3 aromatic rings. The van der Waals surface area contributed by atoms with Gasteiger partial charge in [0.15, 0.2) is 5.82 Å². The number of pyridine rings is 1. The van der Waals surface area contributed by atoms with E-state index in [0.29, 0.717) is 17.7 Å². The van der Waals surface area contributed by atoms with E-state index in [2.05, 4.69) is 15.0 Å². The van der Waals surface area contributed by atoms with Gasteiger partial charge in [0, 0.05) is 29.6 Å². The Labute approximate surface area is 161 Å². The molecule has 0 aliphatic rings. The summed E-state index contributed by atoms with van der Waals surface area (Å²) in [6.45, 7) is 1.79. The zero-order valence-electron chi connectivity index (χ0n) is 14.8. The Hall–Kier alpha value is -3.17. The predicted molar refractivity (Wildman–Crippen MR) is 91.2 cm³/mol. The van der Waals surface area contributed by atoms with Gasteiger partial charge in [-0.15, -0.1) is 0 Å². The van der Waals surface area contributed by atoms with Crippen molar-refractivity contribution in [3.05, 3.63) is 65.6 Å². The standard InChI is InChI=1S/C19H13F6N3O/c1-2-13-9-16(29-14-7-8-26-15(10-14)19(23,24)25)28-17(27-13)11-3-5-12(6-4-11)18(20,21)22/h3-10H,2H2,1H3. The van der Waals surface area contributed by atoms with Gasteiger partial charge in [-0.2, -0.15) is 31.3 Å². The number of halogens is 6. The fourth-order valence-corrected chi connectivity index (χ4v) is 2.39. The van der Waals surface area contributed by atoms with Gasteiger partial charge in [0.25, 0.3) is 0 Å². The minimum absolute atomic E-state index is 0.0360. The highest BCUT2D eigenvalue weighted by atomic mass is 19.4. The third-order valence-electron chi connectivity index (χ3n) is 3.83. The van der Waals surface area contributed by atoms with Gasteiger partial charge in [-0.25, -0.2) is 4.98 Å². The lowest BCUT2D eigenvalue weighted by molar-refractivity contribution is -0.141. The monoisotopic (exact) mass is 413 g/mol. The lowest BCUT2D eigenvalue weighted by atomic mass is 10.1. The van der Waals surface area contributed by atoms with Crippen LogP contribution in [0.15, 0.2) is 48.7 Å². The van der Waals surface area contributed by atoms with E-state index >= 15 is 0 Å². The van der Waals surface area contributed by atoms with Crippen LogP contribution >= 0.6 is 0 Å². The second-order valence-electron chi connectivity index (χ2n) is 5.93. The van der Waals surface area contributed by atoms with Gasteiger partial charge in [0.2, 0.25) is 5.88 Å². The fraction of sp³-hybridized carbons (Fsp3) is 0.211. The molecule has 4 nitrogen and oxygen atoms in total. The van der Waals surface area contributed by atoms with Crippen LogP contribution in [0.25, 0.3) is 11.4 Å². The highest BCUT2D eigenvalue weighted by Gasteiger charge is 2.33. The first-order valence-electron chi connectivity index (χ1n) is 8.33. The second kappa shape index (κ2) is 7.69. The number of hydrogen-bond donors (Lipinski definition) is 0. The summed E-state index contributed by atoms with van der Waals surface area (Å²) in [4.78, 5) is 11.6. The van der Waals surface area contributed by atoms with Crippen molar-refractivity contribution in [2.75, 3.05) is 0 Å². The Morgan fingerprint density at radius 3 is 2.14 bits per heavy atom. The maximum absolute atomic E-state index is 12.8. The van der Waals surface area contributed by atoms with Crippen LogP contribution in [0.5, 0.6) is 11.6 Å². The van der Waals surface area contributed by atoms with Crippen LogP contribution in [0.4, 0.5) is 26.3 Å². The summed E-state index contributed by atoms with van der Waals surface area (Å²) in [6.07, 6.45) is -7.70. The van der Waals surface area contributed by atoms with Crippen molar-refractivity contribution >= 4 is 0 Å². The van der Waals surface area contributed by atoms with E-state index in [4.69, 9.17) is 4.74 Å². The summed E-state index contributed by atoms with van der Waals surface area (Å²) in [5.74, 6) is -0.0734. The van der Waals surface area contributed by atoms with E-state index in [-0.39, 0.29) is 17.5 Å². The Kier molecular flexibility index (Phi) is 5.45. The van der Waals surface area contributed by atoms with Gasteiger partial charge in [-0.1, -0.05) is 19.1 Å². The molecule has 152 valence electrons. The molecule has 0 saturated carbocycles. The van der Waals surface area contributed by atoms with Gasteiger partial charge in [0.05, 0.1) is 5.56 Å². The van der Waals surface area contributed by atoms with Crippen molar-refractivity contribution in [1.82, 2.24) is 15.0 Å². The molecule has 0 atom stereocenters. The third-order valence-corrected chi connectivity index (χ3v) is 3.83. The summed E-state index contributed by atoms with van der Waals surface area (Å²) < 4.78 is 82.0. The topological polar surface area (TPSA) is 47.9 Å². The van der Waals surface area contributed by atoms with Crippen LogP contribution in [-0.4, -0.2) is 15.0 Å². The summed E-state index contributed by atoms with van der Waals surface area (Å²) >= 11 is 0. The van der Waals surface area contributed by atoms with E-state index in [1.165, 1.54) is 24.3 Å². The quantitative estimate of drug-likeness (QED) is 0.498. The van der Waals surface area contributed by atoms with Crippen LogP contribution in [0.1, 0.15) is 23.9 Å². The van der Waals surface area contributed by atoms with Gasteiger partial charge < -0.3 is 4.74 Å². The van der Waals surface area contributed by atoms with Crippen molar-refractivity contribution in [3.8, 4) is 23.0 Å². The van der Waals surface area contributed by atoms with Crippen LogP contribution in [0.2, 0.25) is 0 Å².